The molecular formula is C20H14F5N3O2. The van der Waals surface area contributed by atoms with Crippen LogP contribution in [-0.4, -0.2) is 16.0 Å². The Morgan fingerprint density at radius 1 is 1.10 bits per heavy atom. The molecule has 30 heavy (non-hydrogen) atoms. The highest BCUT2D eigenvalue weighted by Crippen LogP contribution is 2.49. The predicted molar refractivity (Wildman–Crippen MR) is 93.9 cm³/mol. The zero-order valence-corrected chi connectivity index (χ0v) is 15.3. The maximum Gasteiger partial charge on any atom is 0.471 e. The quantitative estimate of drug-likeness (QED) is 0.619. The molecule has 0 spiro atoms. The van der Waals surface area contributed by atoms with E-state index >= 15 is 0 Å². The lowest BCUT2D eigenvalue weighted by atomic mass is 9.94. The van der Waals surface area contributed by atoms with Gasteiger partial charge in [-0.25, -0.2) is 8.78 Å². The fraction of sp³-hybridized carbons (Fsp3) is 0.250. The third-order valence-electron chi connectivity index (χ3n) is 4.97. The number of nitrogens with zero attached hydrogens (tertiary/aromatic N) is 2. The summed E-state index contributed by atoms with van der Waals surface area (Å²) in [5.74, 6) is -3.48. The van der Waals surface area contributed by atoms with Gasteiger partial charge in [-0.05, 0) is 24.5 Å². The molecule has 0 atom stereocenters. The van der Waals surface area contributed by atoms with Gasteiger partial charge in [-0.15, -0.1) is 0 Å². The molecule has 1 aromatic heterocycles. The fourth-order valence-electron chi connectivity index (χ4n) is 3.20. The summed E-state index contributed by atoms with van der Waals surface area (Å²) in [4.78, 5) is 15.9. The molecule has 5 nitrogen and oxygen atoms in total. The molecule has 0 saturated heterocycles. The maximum absolute atomic E-state index is 14.1. The number of alkyl halides is 3. The van der Waals surface area contributed by atoms with Crippen molar-refractivity contribution < 1.29 is 31.3 Å². The standard InChI is InChI=1S/C20H14F5N3O2/c21-13-5-6-14(15(22)9-13)19(7-8-19)17(29)26-10-11-1-3-12(4-2-11)16-27-18(30-28-16)20(23,24)25/h1-6,9H,7-8,10H2,(H,26,29). The van der Waals surface area contributed by atoms with Crippen LogP contribution in [0.15, 0.2) is 47.0 Å². The van der Waals surface area contributed by atoms with Gasteiger partial charge in [-0.3, -0.25) is 4.79 Å². The SMILES string of the molecule is O=C(NCc1ccc(-c2noc(C(F)(F)F)n2)cc1)C1(c2ccc(F)cc2F)CC1. The van der Waals surface area contributed by atoms with E-state index in [4.69, 9.17) is 0 Å². The highest BCUT2D eigenvalue weighted by molar-refractivity contribution is 5.91. The number of hydrogen-bond acceptors (Lipinski definition) is 4. The molecule has 0 bridgehead atoms. The Kier molecular flexibility index (Phi) is 4.79. The second-order valence-electron chi connectivity index (χ2n) is 7.01. The first-order chi connectivity index (χ1) is 14.2. The first-order valence-corrected chi connectivity index (χ1v) is 8.93. The van der Waals surface area contributed by atoms with Crippen LogP contribution in [0.1, 0.15) is 29.9 Å². The van der Waals surface area contributed by atoms with Gasteiger partial charge < -0.3 is 9.84 Å². The Hall–Kier alpha value is -3.30. The zero-order valence-electron chi connectivity index (χ0n) is 15.3. The molecule has 10 heteroatoms. The molecule has 4 rings (SSSR count). The Balaban J connectivity index is 1.42. The van der Waals surface area contributed by atoms with E-state index in [0.29, 0.717) is 24.0 Å². The second-order valence-corrected chi connectivity index (χ2v) is 7.01. The molecular weight excluding hydrogens is 409 g/mol. The van der Waals surface area contributed by atoms with E-state index in [-0.39, 0.29) is 23.8 Å². The second kappa shape index (κ2) is 7.19. The minimum Gasteiger partial charge on any atom is -0.351 e. The van der Waals surface area contributed by atoms with Crippen LogP contribution < -0.4 is 5.32 Å². The largest absolute Gasteiger partial charge is 0.471 e. The Labute approximate surface area is 166 Å². The molecule has 1 saturated carbocycles. The van der Waals surface area contributed by atoms with Gasteiger partial charge in [-0.2, -0.15) is 18.2 Å². The van der Waals surface area contributed by atoms with Gasteiger partial charge in [0, 0.05) is 23.7 Å². The van der Waals surface area contributed by atoms with Crippen LogP contribution in [-0.2, 0) is 22.9 Å². The monoisotopic (exact) mass is 423 g/mol. The lowest BCUT2D eigenvalue weighted by Crippen LogP contribution is -2.34. The van der Waals surface area contributed by atoms with Crippen LogP contribution in [0.2, 0.25) is 0 Å². The van der Waals surface area contributed by atoms with Gasteiger partial charge in [0.2, 0.25) is 11.7 Å². The third-order valence-corrected chi connectivity index (χ3v) is 4.97. The van der Waals surface area contributed by atoms with E-state index in [1.165, 1.54) is 18.2 Å². The summed E-state index contributed by atoms with van der Waals surface area (Å²) in [6, 6.07) is 9.34. The van der Waals surface area contributed by atoms with Gasteiger partial charge in [0.25, 0.3) is 0 Å². The van der Waals surface area contributed by atoms with E-state index in [9.17, 15) is 26.7 Å². The lowest BCUT2D eigenvalue weighted by Gasteiger charge is -2.16. The molecule has 1 aliphatic rings. The van der Waals surface area contributed by atoms with E-state index in [0.717, 1.165) is 12.1 Å². The van der Waals surface area contributed by atoms with E-state index in [1.54, 1.807) is 12.1 Å². The van der Waals surface area contributed by atoms with Crippen molar-refractivity contribution in [3.05, 3.63) is 71.1 Å². The third kappa shape index (κ3) is 3.77. The number of aromatic nitrogens is 2. The normalized spacial score (nSPS) is 15.1. The molecule has 3 aromatic rings. The van der Waals surface area contributed by atoms with Crippen LogP contribution in [0.3, 0.4) is 0 Å². The molecule has 0 unspecified atom stereocenters. The molecule has 0 aliphatic heterocycles. The average molecular weight is 423 g/mol. The van der Waals surface area contributed by atoms with Crippen molar-refractivity contribution in [1.82, 2.24) is 15.5 Å². The Morgan fingerprint density at radius 3 is 2.37 bits per heavy atom. The highest BCUT2D eigenvalue weighted by atomic mass is 19.4. The van der Waals surface area contributed by atoms with Crippen LogP contribution in [0, 0.1) is 11.6 Å². The number of nitrogens with one attached hydrogen (secondary N) is 1. The molecule has 1 N–H and O–H groups in total. The summed E-state index contributed by atoms with van der Waals surface area (Å²) in [6.45, 7) is 0.129. The van der Waals surface area contributed by atoms with Crippen molar-refractivity contribution in [3.8, 4) is 11.4 Å². The summed E-state index contributed by atoms with van der Waals surface area (Å²) in [5, 5.41) is 6.03. The van der Waals surface area contributed by atoms with Gasteiger partial charge in [0.15, 0.2) is 0 Å². The van der Waals surface area contributed by atoms with Crippen molar-refractivity contribution in [3.63, 3.8) is 0 Å². The van der Waals surface area contributed by atoms with Gasteiger partial charge in [0.1, 0.15) is 11.6 Å². The van der Waals surface area contributed by atoms with E-state index < -0.39 is 29.1 Å². The summed E-state index contributed by atoms with van der Waals surface area (Å²) < 4.78 is 69.1. The highest BCUT2D eigenvalue weighted by Gasteiger charge is 2.52. The van der Waals surface area contributed by atoms with Gasteiger partial charge in [0.05, 0.1) is 5.41 Å². The molecule has 1 amide bonds. The van der Waals surface area contributed by atoms with Gasteiger partial charge in [-0.1, -0.05) is 35.5 Å². The van der Waals surface area contributed by atoms with Crippen molar-refractivity contribution in [1.29, 1.82) is 0 Å². The summed E-state index contributed by atoms with van der Waals surface area (Å²) in [6.07, 6.45) is -3.81. The molecule has 1 fully saturated rings. The van der Waals surface area contributed by atoms with Crippen molar-refractivity contribution in [2.45, 2.75) is 31.0 Å². The van der Waals surface area contributed by atoms with Crippen molar-refractivity contribution in [2.24, 2.45) is 0 Å². The minimum atomic E-state index is -4.72. The van der Waals surface area contributed by atoms with Crippen LogP contribution in [0.25, 0.3) is 11.4 Å². The maximum atomic E-state index is 14.1. The molecule has 156 valence electrons. The Morgan fingerprint density at radius 2 is 1.80 bits per heavy atom. The van der Waals surface area contributed by atoms with Crippen molar-refractivity contribution in [2.75, 3.05) is 0 Å². The number of hydrogen-bond donors (Lipinski definition) is 1. The minimum absolute atomic E-state index is 0.129. The van der Waals surface area contributed by atoms with Crippen LogP contribution in [0.4, 0.5) is 22.0 Å². The van der Waals surface area contributed by atoms with Crippen LogP contribution >= 0.6 is 0 Å². The molecule has 1 aliphatic carbocycles. The lowest BCUT2D eigenvalue weighted by molar-refractivity contribution is -0.159. The Bertz CT molecular complexity index is 1090. The van der Waals surface area contributed by atoms with Gasteiger partial charge >= 0.3 is 12.1 Å². The van der Waals surface area contributed by atoms with Crippen molar-refractivity contribution >= 4 is 5.91 Å². The van der Waals surface area contributed by atoms with Crippen LogP contribution in [0.5, 0.6) is 0 Å². The molecule has 0 radical (unpaired) electrons. The van der Waals surface area contributed by atoms with E-state index in [2.05, 4.69) is 20.0 Å². The fourth-order valence-corrected chi connectivity index (χ4v) is 3.20. The zero-order chi connectivity index (χ0) is 21.5. The number of carbonyl (C=O) groups excluding carboxylic acids is 1. The average Bonchev–Trinajstić information content (AvgIpc) is 3.33. The topological polar surface area (TPSA) is 68.0 Å². The molecule has 1 heterocycles. The first-order valence-electron chi connectivity index (χ1n) is 8.93. The number of rotatable bonds is 5. The predicted octanol–water partition coefficient (Wildman–Crippen LogP) is 4.38. The number of halogens is 5. The first kappa shape index (κ1) is 20.0. The summed E-state index contributed by atoms with van der Waals surface area (Å²) in [5.41, 5.74) is 0.142. The number of amides is 1. The molecule has 2 aromatic carbocycles. The summed E-state index contributed by atoms with van der Waals surface area (Å²) >= 11 is 0. The smallest absolute Gasteiger partial charge is 0.351 e. The number of benzene rings is 2. The number of carbonyl (C=O) groups is 1. The van der Waals surface area contributed by atoms with E-state index in [1.807, 2.05) is 0 Å². The summed E-state index contributed by atoms with van der Waals surface area (Å²) in [7, 11) is 0.